The zero-order chi connectivity index (χ0) is 19.8. The van der Waals surface area contributed by atoms with Gasteiger partial charge in [0.2, 0.25) is 11.7 Å². The lowest BCUT2D eigenvalue weighted by molar-refractivity contribution is 0.0953. The number of carbonyl (C=O) groups excluding carboxylic acids is 1. The number of benzene rings is 1. The predicted octanol–water partition coefficient (Wildman–Crippen LogP) is 1.04. The number of ether oxygens (including phenoxy) is 1. The second-order valence-corrected chi connectivity index (χ2v) is 6.68. The fourth-order valence-corrected chi connectivity index (χ4v) is 3.47. The molecule has 0 saturated carbocycles. The van der Waals surface area contributed by atoms with Crippen LogP contribution in [0.1, 0.15) is 21.7 Å². The summed E-state index contributed by atoms with van der Waals surface area (Å²) in [5.74, 6) is 5.45. The van der Waals surface area contributed by atoms with Gasteiger partial charge in [-0.1, -0.05) is 12.1 Å². The van der Waals surface area contributed by atoms with Crippen molar-refractivity contribution >= 4 is 23.0 Å². The Hall–Kier alpha value is -3.17. The maximum Gasteiger partial charge on any atom is 0.271 e. The van der Waals surface area contributed by atoms with Crippen molar-refractivity contribution in [3.63, 3.8) is 0 Å². The summed E-state index contributed by atoms with van der Waals surface area (Å²) in [5.41, 5.74) is 3.58. The highest BCUT2D eigenvalue weighted by molar-refractivity contribution is 6.06. The van der Waals surface area contributed by atoms with Crippen LogP contribution in [0.15, 0.2) is 33.5 Å². The normalized spacial score (nSPS) is 14.5. The summed E-state index contributed by atoms with van der Waals surface area (Å²) in [6.45, 7) is 5.83. The number of furan rings is 1. The molecule has 146 valence electrons. The quantitative estimate of drug-likeness (QED) is 0.394. The topological polar surface area (TPSA) is 116 Å². The fraction of sp³-hybridized carbons (Fsp3) is 0.316. The number of nitrogens with two attached hydrogens (primary N) is 1. The third-order valence-corrected chi connectivity index (χ3v) is 4.80. The maximum absolute atomic E-state index is 13.5. The fourth-order valence-electron chi connectivity index (χ4n) is 3.47. The van der Waals surface area contributed by atoms with E-state index in [-0.39, 0.29) is 28.0 Å². The zero-order valence-corrected chi connectivity index (χ0v) is 15.7. The van der Waals surface area contributed by atoms with E-state index in [0.717, 1.165) is 5.56 Å². The number of morpholine rings is 1. The van der Waals surface area contributed by atoms with E-state index >= 15 is 0 Å². The number of nitrogens with zero attached hydrogens (tertiary/aromatic N) is 3. The van der Waals surface area contributed by atoms with Gasteiger partial charge in [-0.05, 0) is 31.5 Å². The van der Waals surface area contributed by atoms with Crippen LogP contribution in [-0.2, 0) is 4.74 Å². The molecule has 0 aliphatic carbocycles. The number of nitrogen functional groups attached to an aromatic ring is 1. The van der Waals surface area contributed by atoms with Crippen molar-refractivity contribution in [2.75, 3.05) is 31.2 Å². The number of hydrogen-bond donors (Lipinski definition) is 2. The molecule has 1 saturated heterocycles. The molecule has 0 radical (unpaired) electrons. The Labute approximate surface area is 160 Å². The van der Waals surface area contributed by atoms with Crippen LogP contribution in [0.3, 0.4) is 0 Å². The molecule has 1 aromatic carbocycles. The lowest BCUT2D eigenvalue weighted by Crippen LogP contribution is -2.40. The molecule has 2 aromatic heterocycles. The van der Waals surface area contributed by atoms with Crippen LogP contribution in [0.4, 0.5) is 5.95 Å². The van der Waals surface area contributed by atoms with Crippen molar-refractivity contribution in [1.29, 1.82) is 0 Å². The first-order valence-corrected chi connectivity index (χ1v) is 8.98. The van der Waals surface area contributed by atoms with Crippen LogP contribution in [0.5, 0.6) is 0 Å². The number of aryl methyl sites for hydroxylation is 2. The van der Waals surface area contributed by atoms with E-state index in [4.69, 9.17) is 15.0 Å². The van der Waals surface area contributed by atoms with E-state index < -0.39 is 5.91 Å². The molecule has 9 nitrogen and oxygen atoms in total. The number of fused-ring (bicyclic) bond motifs is 1. The highest BCUT2D eigenvalue weighted by Gasteiger charge is 2.27. The van der Waals surface area contributed by atoms with Crippen LogP contribution in [0.25, 0.3) is 16.8 Å². The first kappa shape index (κ1) is 18.2. The summed E-state index contributed by atoms with van der Waals surface area (Å²) in [6.07, 6.45) is 0. The van der Waals surface area contributed by atoms with Crippen molar-refractivity contribution in [1.82, 2.24) is 15.0 Å². The van der Waals surface area contributed by atoms with E-state index in [1.54, 1.807) is 6.92 Å². The third-order valence-electron chi connectivity index (χ3n) is 4.80. The van der Waals surface area contributed by atoms with Crippen LogP contribution >= 0.6 is 0 Å². The number of hydrogen-bond acceptors (Lipinski definition) is 7. The molecule has 1 aliphatic rings. The summed E-state index contributed by atoms with van der Waals surface area (Å²) < 4.78 is 12.6. The number of aromatic nitrogens is 2. The average molecular weight is 383 g/mol. The number of amides is 1. The summed E-state index contributed by atoms with van der Waals surface area (Å²) in [5, 5.41) is 0.110. The molecule has 0 spiro atoms. The van der Waals surface area contributed by atoms with E-state index in [1.165, 1.54) is 4.57 Å². The van der Waals surface area contributed by atoms with Gasteiger partial charge in [0, 0.05) is 13.1 Å². The smallest absolute Gasteiger partial charge is 0.271 e. The second-order valence-electron chi connectivity index (χ2n) is 6.68. The van der Waals surface area contributed by atoms with Crippen molar-refractivity contribution in [3.05, 3.63) is 51.5 Å². The first-order valence-electron chi connectivity index (χ1n) is 8.98. The molecule has 1 aliphatic heterocycles. The van der Waals surface area contributed by atoms with Crippen LogP contribution in [0.2, 0.25) is 0 Å². The molecule has 0 atom stereocenters. The first-order chi connectivity index (χ1) is 13.5. The summed E-state index contributed by atoms with van der Waals surface area (Å²) in [6, 6.07) is 7.55. The number of rotatable bonds is 3. The minimum atomic E-state index is -0.593. The van der Waals surface area contributed by atoms with E-state index in [1.807, 2.05) is 36.1 Å². The van der Waals surface area contributed by atoms with Crippen molar-refractivity contribution in [2.24, 2.45) is 5.84 Å². The van der Waals surface area contributed by atoms with E-state index in [9.17, 15) is 9.59 Å². The molecule has 0 bridgehead atoms. The molecular formula is C19H21N5O4. The standard InChI is InChI=1S/C19H21N5O4/c1-11-4-3-5-13(10-11)24-18(26)15-14(16(25)22-20)12(2)28-17(15)21-19(24)23-6-8-27-9-7-23/h3-5,10H,6-9,20H2,1-2H3,(H,22,25). The summed E-state index contributed by atoms with van der Waals surface area (Å²) in [4.78, 5) is 32.4. The van der Waals surface area contributed by atoms with Gasteiger partial charge in [-0.15, -0.1) is 0 Å². The highest BCUT2D eigenvalue weighted by atomic mass is 16.5. The van der Waals surface area contributed by atoms with Crippen molar-refractivity contribution in [3.8, 4) is 5.69 Å². The maximum atomic E-state index is 13.5. The van der Waals surface area contributed by atoms with Gasteiger partial charge in [-0.25, -0.2) is 10.4 Å². The molecule has 3 N–H and O–H groups in total. The molecular weight excluding hydrogens is 362 g/mol. The second kappa shape index (κ2) is 7.10. The van der Waals surface area contributed by atoms with Crippen molar-refractivity contribution < 1.29 is 13.9 Å². The van der Waals surface area contributed by atoms with Gasteiger partial charge in [0.25, 0.3) is 11.5 Å². The Morgan fingerprint density at radius 3 is 2.68 bits per heavy atom. The van der Waals surface area contributed by atoms with Gasteiger partial charge in [-0.2, -0.15) is 4.98 Å². The monoisotopic (exact) mass is 383 g/mol. The number of nitrogens with one attached hydrogen (secondary N) is 1. The van der Waals surface area contributed by atoms with Crippen LogP contribution in [-0.4, -0.2) is 41.8 Å². The summed E-state index contributed by atoms with van der Waals surface area (Å²) in [7, 11) is 0. The Balaban J connectivity index is 2.06. The Bertz CT molecular complexity index is 1110. The molecule has 3 heterocycles. The SMILES string of the molecule is Cc1cccc(-n2c(N3CCOCC3)nc3oc(C)c(C(=O)NN)c3c2=O)c1. The average Bonchev–Trinajstić information content (AvgIpc) is 3.04. The number of hydrazine groups is 1. The molecule has 4 rings (SSSR count). The lowest BCUT2D eigenvalue weighted by Gasteiger charge is -2.29. The highest BCUT2D eigenvalue weighted by Crippen LogP contribution is 2.26. The zero-order valence-electron chi connectivity index (χ0n) is 15.7. The van der Waals surface area contributed by atoms with Gasteiger partial charge in [0.1, 0.15) is 11.1 Å². The van der Waals surface area contributed by atoms with Crippen LogP contribution in [0, 0.1) is 13.8 Å². The lowest BCUT2D eigenvalue weighted by atomic mass is 10.1. The van der Waals surface area contributed by atoms with Gasteiger partial charge in [0.15, 0.2) is 0 Å². The van der Waals surface area contributed by atoms with Gasteiger partial charge in [0.05, 0.1) is 24.5 Å². The largest absolute Gasteiger partial charge is 0.442 e. The Kier molecular flexibility index (Phi) is 4.62. The van der Waals surface area contributed by atoms with Crippen LogP contribution < -0.4 is 21.7 Å². The molecule has 3 aromatic rings. The van der Waals surface area contributed by atoms with E-state index in [0.29, 0.717) is 37.9 Å². The third kappa shape index (κ3) is 2.94. The predicted molar refractivity (Wildman–Crippen MR) is 104 cm³/mol. The minimum absolute atomic E-state index is 0.102. The Morgan fingerprint density at radius 1 is 1.25 bits per heavy atom. The van der Waals surface area contributed by atoms with Gasteiger partial charge >= 0.3 is 0 Å². The Morgan fingerprint density at radius 2 is 2.00 bits per heavy atom. The van der Waals surface area contributed by atoms with E-state index in [2.05, 4.69) is 10.4 Å². The number of anilines is 1. The molecule has 0 unspecified atom stereocenters. The molecule has 1 amide bonds. The summed E-state index contributed by atoms with van der Waals surface area (Å²) >= 11 is 0. The molecule has 28 heavy (non-hydrogen) atoms. The van der Waals surface area contributed by atoms with Gasteiger partial charge in [-0.3, -0.25) is 15.0 Å². The van der Waals surface area contributed by atoms with Gasteiger partial charge < -0.3 is 14.1 Å². The molecule has 1 fully saturated rings. The minimum Gasteiger partial charge on any atom is -0.442 e. The van der Waals surface area contributed by atoms with Crippen molar-refractivity contribution in [2.45, 2.75) is 13.8 Å². The molecule has 9 heteroatoms. The number of carbonyl (C=O) groups is 1.